The van der Waals surface area contributed by atoms with E-state index in [0.29, 0.717) is 5.56 Å². The summed E-state index contributed by atoms with van der Waals surface area (Å²) in [7, 11) is 1.29. The lowest BCUT2D eigenvalue weighted by Crippen LogP contribution is -2.16. The highest BCUT2D eigenvalue weighted by molar-refractivity contribution is 6.34. The minimum Gasteiger partial charge on any atom is -0.465 e. The quantitative estimate of drug-likeness (QED) is 0.743. The van der Waals surface area contributed by atoms with Crippen molar-refractivity contribution in [2.75, 3.05) is 7.11 Å². The Labute approximate surface area is 99.6 Å². The summed E-state index contributed by atoms with van der Waals surface area (Å²) in [6.45, 7) is 3.49. The number of rotatable bonds is 2. The van der Waals surface area contributed by atoms with Crippen molar-refractivity contribution in [1.82, 2.24) is 0 Å². The summed E-state index contributed by atoms with van der Waals surface area (Å²) < 4.78 is 4.61. The Bertz CT molecular complexity index is 461. The summed E-state index contributed by atoms with van der Waals surface area (Å²) in [6, 6.07) is 7.14. The van der Waals surface area contributed by atoms with Crippen LogP contribution in [0.4, 0.5) is 0 Å². The molecular formula is C12H12ClNO2. The first-order chi connectivity index (χ1) is 7.44. The van der Waals surface area contributed by atoms with Gasteiger partial charge in [0.05, 0.1) is 29.2 Å². The number of benzene rings is 1. The van der Waals surface area contributed by atoms with E-state index in [0.717, 1.165) is 0 Å². The summed E-state index contributed by atoms with van der Waals surface area (Å²) in [4.78, 5) is 11.4. The number of hydrogen-bond donors (Lipinski definition) is 0. The molecule has 84 valence electrons. The Morgan fingerprint density at radius 2 is 2.12 bits per heavy atom. The molecule has 0 aliphatic carbocycles. The van der Waals surface area contributed by atoms with Crippen LogP contribution in [0.1, 0.15) is 29.8 Å². The van der Waals surface area contributed by atoms with E-state index in [1.165, 1.54) is 7.11 Å². The van der Waals surface area contributed by atoms with Crippen LogP contribution in [0.25, 0.3) is 0 Å². The number of halogens is 1. The zero-order valence-corrected chi connectivity index (χ0v) is 10.1. The lowest BCUT2D eigenvalue weighted by atomic mass is 9.85. The molecular weight excluding hydrogens is 226 g/mol. The van der Waals surface area contributed by atoms with Gasteiger partial charge in [0.2, 0.25) is 0 Å². The zero-order chi connectivity index (χ0) is 12.3. The molecule has 1 aromatic rings. The lowest BCUT2D eigenvalue weighted by molar-refractivity contribution is 0.0601. The molecule has 1 rings (SSSR count). The van der Waals surface area contributed by atoms with Gasteiger partial charge in [-0.25, -0.2) is 4.79 Å². The van der Waals surface area contributed by atoms with E-state index < -0.39 is 11.4 Å². The Balaban J connectivity index is 3.36. The van der Waals surface area contributed by atoms with Gasteiger partial charge in [0.1, 0.15) is 0 Å². The lowest BCUT2D eigenvalue weighted by Gasteiger charge is -2.18. The average Bonchev–Trinajstić information content (AvgIpc) is 2.28. The van der Waals surface area contributed by atoms with Gasteiger partial charge in [-0.3, -0.25) is 0 Å². The van der Waals surface area contributed by atoms with Crippen LogP contribution >= 0.6 is 11.6 Å². The monoisotopic (exact) mass is 237 g/mol. The highest BCUT2D eigenvalue weighted by atomic mass is 35.5. The van der Waals surface area contributed by atoms with Gasteiger partial charge in [-0.15, -0.1) is 0 Å². The largest absolute Gasteiger partial charge is 0.465 e. The molecule has 0 saturated carbocycles. The fourth-order valence-corrected chi connectivity index (χ4v) is 1.78. The molecule has 3 nitrogen and oxygen atoms in total. The van der Waals surface area contributed by atoms with Crippen molar-refractivity contribution in [2.45, 2.75) is 19.3 Å². The zero-order valence-electron chi connectivity index (χ0n) is 9.37. The van der Waals surface area contributed by atoms with Crippen LogP contribution in [0.15, 0.2) is 18.2 Å². The Hall–Kier alpha value is -1.53. The van der Waals surface area contributed by atoms with E-state index in [-0.39, 0.29) is 10.6 Å². The van der Waals surface area contributed by atoms with E-state index in [4.69, 9.17) is 16.9 Å². The first kappa shape index (κ1) is 12.5. The number of esters is 1. The van der Waals surface area contributed by atoms with E-state index in [2.05, 4.69) is 10.8 Å². The molecule has 0 aliphatic heterocycles. The molecule has 4 heteroatoms. The number of carbonyl (C=O) groups is 1. The minimum absolute atomic E-state index is 0.279. The van der Waals surface area contributed by atoms with Crippen molar-refractivity contribution in [2.24, 2.45) is 0 Å². The summed E-state index contributed by atoms with van der Waals surface area (Å²) in [5.74, 6) is -0.499. The first-order valence-electron chi connectivity index (χ1n) is 4.72. The second-order valence-electron chi connectivity index (χ2n) is 3.90. The summed E-state index contributed by atoms with van der Waals surface area (Å²) in [6.07, 6.45) is 0. The molecule has 0 heterocycles. The SMILES string of the molecule is COC(=O)c1cccc(C(C)(C)C#N)c1Cl. The molecule has 1 aromatic carbocycles. The third-order valence-corrected chi connectivity index (χ3v) is 2.76. The van der Waals surface area contributed by atoms with Gasteiger partial charge in [-0.1, -0.05) is 23.7 Å². The molecule has 0 aliphatic rings. The fraction of sp³-hybridized carbons (Fsp3) is 0.333. The standard InChI is InChI=1S/C12H12ClNO2/c1-12(2,7-14)9-6-4-5-8(10(9)13)11(15)16-3/h4-6H,1-3H3. The molecule has 0 saturated heterocycles. The summed E-state index contributed by atoms with van der Waals surface area (Å²) in [5, 5.41) is 9.31. The van der Waals surface area contributed by atoms with Gasteiger partial charge in [0.25, 0.3) is 0 Å². The van der Waals surface area contributed by atoms with Crippen molar-refractivity contribution in [3.05, 3.63) is 34.3 Å². The van der Waals surface area contributed by atoms with E-state index in [9.17, 15) is 4.79 Å². The Morgan fingerprint density at radius 1 is 1.50 bits per heavy atom. The topological polar surface area (TPSA) is 50.1 Å². The maximum absolute atomic E-state index is 11.4. The van der Waals surface area contributed by atoms with Crippen LogP contribution in [0.5, 0.6) is 0 Å². The van der Waals surface area contributed by atoms with Crippen LogP contribution in [0, 0.1) is 11.3 Å². The maximum atomic E-state index is 11.4. The van der Waals surface area contributed by atoms with E-state index in [1.807, 2.05) is 0 Å². The Morgan fingerprint density at radius 3 is 2.62 bits per heavy atom. The number of nitriles is 1. The molecule has 0 aromatic heterocycles. The molecule has 0 amide bonds. The molecule has 0 atom stereocenters. The number of hydrogen-bond acceptors (Lipinski definition) is 3. The summed E-state index contributed by atoms with van der Waals surface area (Å²) >= 11 is 6.09. The van der Waals surface area contributed by atoms with Gasteiger partial charge < -0.3 is 4.74 Å². The first-order valence-corrected chi connectivity index (χ1v) is 5.10. The van der Waals surface area contributed by atoms with Gasteiger partial charge in [0.15, 0.2) is 0 Å². The smallest absolute Gasteiger partial charge is 0.339 e. The number of nitrogens with zero attached hydrogens (tertiary/aromatic N) is 1. The van der Waals surface area contributed by atoms with E-state index >= 15 is 0 Å². The highest BCUT2D eigenvalue weighted by Gasteiger charge is 2.25. The molecule has 0 unspecified atom stereocenters. The van der Waals surface area contributed by atoms with Gasteiger partial charge >= 0.3 is 5.97 Å². The Kier molecular flexibility index (Phi) is 3.56. The van der Waals surface area contributed by atoms with Crippen LogP contribution in [-0.2, 0) is 10.2 Å². The van der Waals surface area contributed by atoms with Crippen molar-refractivity contribution < 1.29 is 9.53 Å². The second-order valence-corrected chi connectivity index (χ2v) is 4.27. The predicted octanol–water partition coefficient (Wildman–Crippen LogP) is 2.93. The van der Waals surface area contributed by atoms with Crippen molar-refractivity contribution in [3.63, 3.8) is 0 Å². The molecule has 16 heavy (non-hydrogen) atoms. The molecule has 0 spiro atoms. The van der Waals surface area contributed by atoms with Crippen LogP contribution in [0.2, 0.25) is 5.02 Å². The second kappa shape index (κ2) is 4.54. The number of carbonyl (C=O) groups excluding carboxylic acids is 1. The van der Waals surface area contributed by atoms with E-state index in [1.54, 1.807) is 32.0 Å². The van der Waals surface area contributed by atoms with Crippen molar-refractivity contribution in [1.29, 1.82) is 5.26 Å². The van der Waals surface area contributed by atoms with Crippen LogP contribution in [0.3, 0.4) is 0 Å². The molecule has 0 N–H and O–H groups in total. The fourth-order valence-electron chi connectivity index (χ4n) is 1.34. The van der Waals surface area contributed by atoms with Crippen LogP contribution in [-0.4, -0.2) is 13.1 Å². The van der Waals surface area contributed by atoms with Gasteiger partial charge in [-0.05, 0) is 25.5 Å². The summed E-state index contributed by atoms with van der Waals surface area (Å²) in [5.41, 5.74) is 0.172. The van der Waals surface area contributed by atoms with Crippen molar-refractivity contribution >= 4 is 17.6 Å². The van der Waals surface area contributed by atoms with Gasteiger partial charge in [0, 0.05) is 0 Å². The number of ether oxygens (including phenoxy) is 1. The minimum atomic E-state index is -0.735. The maximum Gasteiger partial charge on any atom is 0.339 e. The molecule has 0 bridgehead atoms. The molecule has 0 fully saturated rings. The number of methoxy groups -OCH3 is 1. The average molecular weight is 238 g/mol. The highest BCUT2D eigenvalue weighted by Crippen LogP contribution is 2.31. The van der Waals surface area contributed by atoms with Crippen LogP contribution < -0.4 is 0 Å². The normalized spacial score (nSPS) is 10.7. The predicted molar refractivity (Wildman–Crippen MR) is 61.4 cm³/mol. The molecule has 0 radical (unpaired) electrons. The van der Waals surface area contributed by atoms with Gasteiger partial charge in [-0.2, -0.15) is 5.26 Å². The third kappa shape index (κ3) is 2.17. The van der Waals surface area contributed by atoms with Crippen molar-refractivity contribution in [3.8, 4) is 6.07 Å². The third-order valence-electron chi connectivity index (χ3n) is 2.36.